The maximum atomic E-state index is 14.1. The summed E-state index contributed by atoms with van der Waals surface area (Å²) in [5.74, 6) is -0.758. The Morgan fingerprint density at radius 3 is 2.19 bits per heavy atom. The van der Waals surface area contributed by atoms with Crippen molar-refractivity contribution in [1.82, 2.24) is 10.2 Å². The van der Waals surface area contributed by atoms with Gasteiger partial charge in [-0.25, -0.2) is 8.42 Å². The van der Waals surface area contributed by atoms with Crippen LogP contribution in [0.5, 0.6) is 5.75 Å². The molecular formula is C30H34Cl3N3O5S. The summed E-state index contributed by atoms with van der Waals surface area (Å²) in [4.78, 5) is 28.5. The lowest BCUT2D eigenvalue weighted by molar-refractivity contribution is -0.139. The molecule has 3 aromatic carbocycles. The summed E-state index contributed by atoms with van der Waals surface area (Å²) in [5, 5.41) is 3.82. The molecule has 0 saturated heterocycles. The minimum atomic E-state index is -4.30. The average Bonchev–Trinajstić information content (AvgIpc) is 2.96. The van der Waals surface area contributed by atoms with Gasteiger partial charge in [0.1, 0.15) is 18.3 Å². The van der Waals surface area contributed by atoms with E-state index < -0.39 is 28.5 Å². The predicted octanol–water partition coefficient (Wildman–Crippen LogP) is 6.57. The van der Waals surface area contributed by atoms with Gasteiger partial charge in [0.25, 0.3) is 10.0 Å². The second kappa shape index (κ2) is 15.5. The van der Waals surface area contributed by atoms with Crippen molar-refractivity contribution in [2.45, 2.75) is 51.1 Å². The first-order chi connectivity index (χ1) is 20.0. The van der Waals surface area contributed by atoms with E-state index >= 15 is 0 Å². The number of ether oxygens (including phenoxy) is 1. The topological polar surface area (TPSA) is 96.0 Å². The number of amides is 2. The molecule has 3 rings (SSSR count). The number of carbonyl (C=O) groups is 2. The maximum absolute atomic E-state index is 14.1. The van der Waals surface area contributed by atoms with E-state index in [-0.39, 0.29) is 35.4 Å². The molecule has 0 spiro atoms. The van der Waals surface area contributed by atoms with Crippen LogP contribution in [0.1, 0.15) is 39.2 Å². The monoisotopic (exact) mass is 653 g/mol. The minimum absolute atomic E-state index is 0.0722. The Hall–Kier alpha value is -2.98. The van der Waals surface area contributed by atoms with Crippen molar-refractivity contribution in [1.29, 1.82) is 0 Å². The fraction of sp³-hybridized carbons (Fsp3) is 0.333. The van der Waals surface area contributed by atoms with Crippen LogP contribution in [0.4, 0.5) is 5.69 Å². The molecule has 226 valence electrons. The number of nitrogens with one attached hydrogen (secondary N) is 1. The maximum Gasteiger partial charge on any atom is 0.264 e. The summed E-state index contributed by atoms with van der Waals surface area (Å²) in [7, 11) is -4.30. The van der Waals surface area contributed by atoms with Gasteiger partial charge in [-0.05, 0) is 68.8 Å². The summed E-state index contributed by atoms with van der Waals surface area (Å²) in [6.45, 7) is 5.30. The van der Waals surface area contributed by atoms with Gasteiger partial charge in [0.2, 0.25) is 11.8 Å². The van der Waals surface area contributed by atoms with Gasteiger partial charge in [0, 0.05) is 33.7 Å². The first-order valence-electron chi connectivity index (χ1n) is 13.5. The molecule has 42 heavy (non-hydrogen) atoms. The lowest BCUT2D eigenvalue weighted by atomic mass is 10.1. The Morgan fingerprint density at radius 1 is 0.929 bits per heavy atom. The highest BCUT2D eigenvalue weighted by molar-refractivity contribution is 7.92. The van der Waals surface area contributed by atoms with Crippen molar-refractivity contribution in [2.24, 2.45) is 0 Å². The molecule has 0 aliphatic heterocycles. The number of unbranched alkanes of at least 4 members (excludes halogenated alkanes) is 1. The molecule has 2 amide bonds. The quantitative estimate of drug-likeness (QED) is 0.198. The number of para-hydroxylation sites is 2. The Labute approximate surface area is 262 Å². The van der Waals surface area contributed by atoms with Gasteiger partial charge in [0.05, 0.1) is 17.2 Å². The summed E-state index contributed by atoms with van der Waals surface area (Å²) < 4.78 is 34.8. The second-order valence-electron chi connectivity index (χ2n) is 9.41. The Bertz CT molecular complexity index is 1470. The molecule has 0 radical (unpaired) electrons. The number of hydrogen-bond donors (Lipinski definition) is 1. The van der Waals surface area contributed by atoms with Gasteiger partial charge < -0.3 is 15.0 Å². The lowest BCUT2D eigenvalue weighted by Gasteiger charge is -2.32. The molecule has 0 saturated carbocycles. The average molecular weight is 655 g/mol. The predicted molar refractivity (Wildman–Crippen MR) is 168 cm³/mol. The van der Waals surface area contributed by atoms with Crippen LogP contribution in [0.25, 0.3) is 0 Å². The van der Waals surface area contributed by atoms with Gasteiger partial charge in [-0.1, -0.05) is 66.3 Å². The molecule has 0 heterocycles. The number of rotatable bonds is 14. The van der Waals surface area contributed by atoms with Crippen molar-refractivity contribution >= 4 is 62.3 Å². The third-order valence-corrected chi connectivity index (χ3v) is 9.24. The van der Waals surface area contributed by atoms with Crippen LogP contribution in [0, 0.1) is 0 Å². The number of benzene rings is 3. The number of anilines is 1. The Balaban J connectivity index is 2.09. The van der Waals surface area contributed by atoms with Gasteiger partial charge in [-0.15, -0.1) is 0 Å². The zero-order valence-electron chi connectivity index (χ0n) is 23.6. The molecule has 8 nitrogen and oxygen atoms in total. The third-order valence-electron chi connectivity index (χ3n) is 6.50. The van der Waals surface area contributed by atoms with Crippen molar-refractivity contribution in [3.8, 4) is 5.75 Å². The molecule has 0 aromatic heterocycles. The standard InChI is InChI=1S/C30H34Cl3N3O5S/c1-4-6-18-34-30(38)21(3)35(19-24-25(32)10-9-11-26(24)33)29(37)20-36(27-12-7-8-13-28(27)41-5-2)42(39,40)23-16-14-22(31)15-17-23/h7-17,21H,4-6,18-20H2,1-3H3,(H,34,38)/t21-/m1/s1. The van der Waals surface area contributed by atoms with Gasteiger partial charge in [-0.3, -0.25) is 13.9 Å². The van der Waals surface area contributed by atoms with Crippen LogP contribution < -0.4 is 14.4 Å². The fourth-order valence-electron chi connectivity index (χ4n) is 4.16. The van der Waals surface area contributed by atoms with Gasteiger partial charge >= 0.3 is 0 Å². The largest absolute Gasteiger partial charge is 0.492 e. The van der Waals surface area contributed by atoms with Crippen molar-refractivity contribution in [2.75, 3.05) is 24.0 Å². The molecule has 0 aliphatic rings. The van der Waals surface area contributed by atoms with Gasteiger partial charge in [0.15, 0.2) is 0 Å². The molecule has 1 N–H and O–H groups in total. The first-order valence-corrected chi connectivity index (χ1v) is 16.1. The molecule has 0 bridgehead atoms. The van der Waals surface area contributed by atoms with E-state index in [2.05, 4.69) is 5.32 Å². The number of halogens is 3. The lowest BCUT2D eigenvalue weighted by Crippen LogP contribution is -2.51. The third kappa shape index (κ3) is 8.31. The van der Waals surface area contributed by atoms with Crippen LogP contribution >= 0.6 is 34.8 Å². The molecule has 0 unspecified atom stereocenters. The van der Waals surface area contributed by atoms with E-state index in [1.54, 1.807) is 56.3 Å². The number of nitrogens with zero attached hydrogens (tertiary/aromatic N) is 2. The van der Waals surface area contributed by atoms with Crippen molar-refractivity contribution in [3.05, 3.63) is 87.4 Å². The number of hydrogen-bond acceptors (Lipinski definition) is 5. The van der Waals surface area contributed by atoms with Gasteiger partial charge in [-0.2, -0.15) is 0 Å². The van der Waals surface area contributed by atoms with E-state index in [1.807, 2.05) is 6.92 Å². The van der Waals surface area contributed by atoms with E-state index in [4.69, 9.17) is 39.5 Å². The summed E-state index contributed by atoms with van der Waals surface area (Å²) in [5.41, 5.74) is 0.600. The summed E-state index contributed by atoms with van der Waals surface area (Å²) in [6, 6.07) is 16.1. The Kier molecular flexibility index (Phi) is 12.4. The van der Waals surface area contributed by atoms with Crippen LogP contribution in [-0.4, -0.2) is 50.9 Å². The smallest absolute Gasteiger partial charge is 0.264 e. The van der Waals surface area contributed by atoms with Crippen molar-refractivity contribution < 1.29 is 22.7 Å². The Morgan fingerprint density at radius 2 is 1.57 bits per heavy atom. The van der Waals surface area contributed by atoms with E-state index in [1.165, 1.54) is 29.2 Å². The molecule has 0 aliphatic carbocycles. The molecule has 12 heteroatoms. The van der Waals surface area contributed by atoms with Crippen LogP contribution in [0.15, 0.2) is 71.6 Å². The summed E-state index contributed by atoms with van der Waals surface area (Å²) >= 11 is 18.9. The second-order valence-corrected chi connectivity index (χ2v) is 12.5. The molecular weight excluding hydrogens is 621 g/mol. The van der Waals surface area contributed by atoms with E-state index in [0.29, 0.717) is 27.2 Å². The zero-order chi connectivity index (χ0) is 30.9. The van der Waals surface area contributed by atoms with E-state index in [9.17, 15) is 18.0 Å². The highest BCUT2D eigenvalue weighted by atomic mass is 35.5. The van der Waals surface area contributed by atoms with E-state index in [0.717, 1.165) is 17.1 Å². The molecule has 1 atom stereocenters. The first kappa shape index (κ1) is 33.5. The minimum Gasteiger partial charge on any atom is -0.492 e. The highest BCUT2D eigenvalue weighted by Gasteiger charge is 2.34. The number of sulfonamides is 1. The highest BCUT2D eigenvalue weighted by Crippen LogP contribution is 2.33. The zero-order valence-corrected chi connectivity index (χ0v) is 26.7. The molecule has 0 fully saturated rings. The molecule has 3 aromatic rings. The van der Waals surface area contributed by atoms with Crippen molar-refractivity contribution in [3.63, 3.8) is 0 Å². The van der Waals surface area contributed by atoms with Crippen LogP contribution in [-0.2, 0) is 26.2 Å². The SMILES string of the molecule is CCCCNC(=O)[C@@H](C)N(Cc1c(Cl)cccc1Cl)C(=O)CN(c1ccccc1OCC)S(=O)(=O)c1ccc(Cl)cc1. The van der Waals surface area contributed by atoms with Crippen LogP contribution in [0.2, 0.25) is 15.1 Å². The fourth-order valence-corrected chi connectivity index (χ4v) is 6.23. The number of carbonyl (C=O) groups excluding carboxylic acids is 2. The summed E-state index contributed by atoms with van der Waals surface area (Å²) in [6.07, 6.45) is 1.65. The normalized spacial score (nSPS) is 12.0. The van der Waals surface area contributed by atoms with Crippen LogP contribution in [0.3, 0.4) is 0 Å².